The molecular formula is C22H22N4O3. The van der Waals surface area contributed by atoms with Crippen LogP contribution in [0.25, 0.3) is 0 Å². The second kappa shape index (κ2) is 8.18. The standard InChI is InChI=1S/C22H22N4O3/c1-3-26(17-6-4-5-15(2)11-17)21-13-18(23-14-24-21)22(27)25-16-7-8-19-20(12-16)29-10-9-28-19/h4-8,11-14H,3,9-10H2,1-2H3,(H,25,27). The maximum atomic E-state index is 12.7. The molecule has 7 heteroatoms. The van der Waals surface area contributed by atoms with Crippen molar-refractivity contribution in [1.82, 2.24) is 9.97 Å². The van der Waals surface area contributed by atoms with Gasteiger partial charge < -0.3 is 19.7 Å². The Balaban J connectivity index is 1.55. The van der Waals surface area contributed by atoms with E-state index in [9.17, 15) is 4.79 Å². The van der Waals surface area contributed by atoms with Crippen LogP contribution in [0.3, 0.4) is 0 Å². The molecule has 1 aliphatic heterocycles. The maximum Gasteiger partial charge on any atom is 0.274 e. The average Bonchev–Trinajstić information content (AvgIpc) is 2.74. The van der Waals surface area contributed by atoms with Crippen LogP contribution in [0.1, 0.15) is 23.0 Å². The first-order valence-electron chi connectivity index (χ1n) is 9.51. The Morgan fingerprint density at radius 2 is 1.90 bits per heavy atom. The summed E-state index contributed by atoms with van der Waals surface area (Å²) in [4.78, 5) is 23.3. The number of carbonyl (C=O) groups excluding carboxylic acids is 1. The first-order chi connectivity index (χ1) is 14.1. The molecule has 0 saturated heterocycles. The van der Waals surface area contributed by atoms with Gasteiger partial charge in [-0.25, -0.2) is 9.97 Å². The monoisotopic (exact) mass is 390 g/mol. The Morgan fingerprint density at radius 1 is 1.07 bits per heavy atom. The van der Waals surface area contributed by atoms with Gasteiger partial charge in [0.25, 0.3) is 5.91 Å². The fraction of sp³-hybridized carbons (Fsp3) is 0.227. The summed E-state index contributed by atoms with van der Waals surface area (Å²) in [6.07, 6.45) is 1.41. The highest BCUT2D eigenvalue weighted by molar-refractivity contribution is 6.03. The molecule has 7 nitrogen and oxygen atoms in total. The number of rotatable bonds is 5. The summed E-state index contributed by atoms with van der Waals surface area (Å²) in [6, 6.07) is 15.2. The van der Waals surface area contributed by atoms with Crippen molar-refractivity contribution in [1.29, 1.82) is 0 Å². The van der Waals surface area contributed by atoms with Crippen LogP contribution >= 0.6 is 0 Å². The number of hydrogen-bond donors (Lipinski definition) is 1. The van der Waals surface area contributed by atoms with Gasteiger partial charge in [-0.1, -0.05) is 12.1 Å². The van der Waals surface area contributed by atoms with Crippen molar-refractivity contribution >= 4 is 23.1 Å². The second-order valence-electron chi connectivity index (χ2n) is 6.66. The third-order valence-corrected chi connectivity index (χ3v) is 4.59. The Hall–Kier alpha value is -3.61. The molecule has 1 N–H and O–H groups in total. The fourth-order valence-corrected chi connectivity index (χ4v) is 3.21. The third-order valence-electron chi connectivity index (χ3n) is 4.59. The number of aryl methyl sites for hydroxylation is 1. The summed E-state index contributed by atoms with van der Waals surface area (Å²) >= 11 is 0. The van der Waals surface area contributed by atoms with Crippen LogP contribution in [0, 0.1) is 6.92 Å². The molecule has 3 aromatic rings. The minimum absolute atomic E-state index is 0.288. The minimum atomic E-state index is -0.314. The van der Waals surface area contributed by atoms with Gasteiger partial charge in [0.2, 0.25) is 0 Å². The lowest BCUT2D eigenvalue weighted by molar-refractivity contribution is 0.102. The lowest BCUT2D eigenvalue weighted by Gasteiger charge is -2.22. The molecule has 2 heterocycles. The van der Waals surface area contributed by atoms with E-state index < -0.39 is 0 Å². The minimum Gasteiger partial charge on any atom is -0.486 e. The molecule has 0 fully saturated rings. The number of benzene rings is 2. The Labute approximate surface area is 169 Å². The first-order valence-corrected chi connectivity index (χ1v) is 9.51. The molecule has 0 aliphatic carbocycles. The van der Waals surface area contributed by atoms with Gasteiger partial charge >= 0.3 is 0 Å². The van der Waals surface area contributed by atoms with E-state index >= 15 is 0 Å². The highest BCUT2D eigenvalue weighted by atomic mass is 16.6. The van der Waals surface area contributed by atoms with Crippen molar-refractivity contribution < 1.29 is 14.3 Å². The topological polar surface area (TPSA) is 76.6 Å². The van der Waals surface area contributed by atoms with Gasteiger partial charge in [-0.2, -0.15) is 0 Å². The number of anilines is 3. The molecule has 0 atom stereocenters. The van der Waals surface area contributed by atoms with Crippen LogP contribution in [-0.4, -0.2) is 35.6 Å². The predicted molar refractivity (Wildman–Crippen MR) is 111 cm³/mol. The van der Waals surface area contributed by atoms with Crippen molar-refractivity contribution in [3.8, 4) is 11.5 Å². The summed E-state index contributed by atoms with van der Waals surface area (Å²) < 4.78 is 11.1. The van der Waals surface area contributed by atoms with Gasteiger partial charge in [-0.15, -0.1) is 0 Å². The molecule has 148 valence electrons. The molecule has 1 aromatic heterocycles. The fourth-order valence-electron chi connectivity index (χ4n) is 3.21. The normalized spacial score (nSPS) is 12.3. The van der Waals surface area contributed by atoms with E-state index in [2.05, 4.69) is 21.4 Å². The van der Waals surface area contributed by atoms with Gasteiger partial charge in [0, 0.05) is 30.1 Å². The van der Waals surface area contributed by atoms with Crippen LogP contribution in [0.2, 0.25) is 0 Å². The van der Waals surface area contributed by atoms with Gasteiger partial charge in [0.05, 0.1) is 0 Å². The SMILES string of the molecule is CCN(c1cccc(C)c1)c1cc(C(=O)Nc2ccc3c(c2)OCCO3)ncn1. The van der Waals surface area contributed by atoms with Crippen LogP contribution in [0.5, 0.6) is 11.5 Å². The lowest BCUT2D eigenvalue weighted by atomic mass is 10.2. The van der Waals surface area contributed by atoms with Gasteiger partial charge in [-0.3, -0.25) is 4.79 Å². The van der Waals surface area contributed by atoms with Crippen molar-refractivity contribution in [2.75, 3.05) is 30.0 Å². The lowest BCUT2D eigenvalue weighted by Crippen LogP contribution is -2.20. The quantitative estimate of drug-likeness (QED) is 0.710. The highest BCUT2D eigenvalue weighted by Crippen LogP contribution is 2.32. The van der Waals surface area contributed by atoms with Crippen LogP contribution in [0.4, 0.5) is 17.2 Å². The highest BCUT2D eigenvalue weighted by Gasteiger charge is 2.16. The largest absolute Gasteiger partial charge is 0.486 e. The van der Waals surface area contributed by atoms with E-state index in [1.807, 2.05) is 36.9 Å². The smallest absolute Gasteiger partial charge is 0.274 e. The molecule has 1 amide bonds. The summed E-state index contributed by atoms with van der Waals surface area (Å²) in [6.45, 7) is 5.81. The third kappa shape index (κ3) is 4.13. The zero-order valence-electron chi connectivity index (χ0n) is 16.4. The van der Waals surface area contributed by atoms with Gasteiger partial charge in [-0.05, 0) is 43.7 Å². The van der Waals surface area contributed by atoms with Crippen LogP contribution in [-0.2, 0) is 0 Å². The molecule has 0 bridgehead atoms. The first kappa shape index (κ1) is 18.7. The van der Waals surface area contributed by atoms with Crippen molar-refractivity contribution in [2.45, 2.75) is 13.8 Å². The summed E-state index contributed by atoms with van der Waals surface area (Å²) in [5.41, 5.74) is 3.08. The summed E-state index contributed by atoms with van der Waals surface area (Å²) in [7, 11) is 0. The molecule has 0 unspecified atom stereocenters. The van der Waals surface area contributed by atoms with Crippen molar-refractivity contribution in [2.24, 2.45) is 0 Å². The van der Waals surface area contributed by atoms with E-state index in [1.165, 1.54) is 6.33 Å². The maximum absolute atomic E-state index is 12.7. The number of carbonyl (C=O) groups is 1. The van der Waals surface area contributed by atoms with Gasteiger partial charge in [0.15, 0.2) is 11.5 Å². The number of ether oxygens (including phenoxy) is 2. The Morgan fingerprint density at radius 3 is 2.69 bits per heavy atom. The van der Waals surface area contributed by atoms with Crippen molar-refractivity contribution in [3.63, 3.8) is 0 Å². The van der Waals surface area contributed by atoms with Crippen molar-refractivity contribution in [3.05, 3.63) is 66.1 Å². The van der Waals surface area contributed by atoms with E-state index in [0.29, 0.717) is 42.8 Å². The van der Waals surface area contributed by atoms with Crippen LogP contribution in [0.15, 0.2) is 54.9 Å². The molecule has 0 spiro atoms. The van der Waals surface area contributed by atoms with E-state index in [1.54, 1.807) is 24.3 Å². The summed E-state index contributed by atoms with van der Waals surface area (Å²) in [5.74, 6) is 1.65. The number of aromatic nitrogens is 2. The number of nitrogens with zero attached hydrogens (tertiary/aromatic N) is 3. The predicted octanol–water partition coefficient (Wildman–Crippen LogP) is 3.97. The average molecular weight is 390 g/mol. The number of amides is 1. The molecule has 1 aliphatic rings. The molecule has 0 saturated carbocycles. The number of nitrogens with one attached hydrogen (secondary N) is 1. The van der Waals surface area contributed by atoms with E-state index in [-0.39, 0.29) is 11.6 Å². The van der Waals surface area contributed by atoms with Gasteiger partial charge in [0.1, 0.15) is 31.1 Å². The Bertz CT molecular complexity index is 1040. The molecule has 2 aromatic carbocycles. The zero-order valence-corrected chi connectivity index (χ0v) is 16.4. The molecule has 4 rings (SSSR count). The molecule has 0 radical (unpaired) electrons. The van der Waals surface area contributed by atoms with E-state index in [4.69, 9.17) is 9.47 Å². The molecule has 29 heavy (non-hydrogen) atoms. The van der Waals surface area contributed by atoms with Crippen LogP contribution < -0.4 is 19.7 Å². The number of hydrogen-bond acceptors (Lipinski definition) is 6. The second-order valence-corrected chi connectivity index (χ2v) is 6.66. The Kier molecular flexibility index (Phi) is 5.29. The zero-order chi connectivity index (χ0) is 20.2. The number of fused-ring (bicyclic) bond motifs is 1. The summed E-state index contributed by atoms with van der Waals surface area (Å²) in [5, 5.41) is 2.86. The van der Waals surface area contributed by atoms with E-state index in [0.717, 1.165) is 11.3 Å². The molecular weight excluding hydrogens is 368 g/mol.